The van der Waals surface area contributed by atoms with Gasteiger partial charge in [0.05, 0.1) is 0 Å². The fraction of sp³-hybridized carbons (Fsp3) is 1.00. The molecule has 1 aliphatic carbocycles. The van der Waals surface area contributed by atoms with E-state index >= 15 is 0 Å². The van der Waals surface area contributed by atoms with Gasteiger partial charge in [0.1, 0.15) is 0 Å². The molecule has 0 aromatic carbocycles. The first-order chi connectivity index (χ1) is 12.2. The summed E-state index contributed by atoms with van der Waals surface area (Å²) in [6.45, 7) is 12.7. The maximum absolute atomic E-state index is 3.77. The second-order valence-corrected chi connectivity index (χ2v) is 8.92. The zero-order valence-corrected chi connectivity index (χ0v) is 16.9. The summed E-state index contributed by atoms with van der Waals surface area (Å²) in [7, 11) is 2.26. The van der Waals surface area contributed by atoms with Crippen molar-refractivity contribution in [3.05, 3.63) is 0 Å². The topological polar surface area (TPSA) is 21.8 Å². The van der Waals surface area contributed by atoms with E-state index in [1.807, 2.05) is 0 Å². The Balaban J connectivity index is 1.23. The molecule has 146 valence electrons. The Bertz CT molecular complexity index is 353. The van der Waals surface area contributed by atoms with Crippen molar-refractivity contribution in [3.63, 3.8) is 0 Å². The molecule has 4 nitrogen and oxygen atoms in total. The summed E-state index contributed by atoms with van der Waals surface area (Å²) in [4.78, 5) is 8.01. The Labute approximate surface area is 156 Å². The van der Waals surface area contributed by atoms with E-state index < -0.39 is 0 Å². The van der Waals surface area contributed by atoms with E-state index in [2.05, 4.69) is 34.0 Å². The van der Waals surface area contributed by atoms with Crippen molar-refractivity contribution in [1.82, 2.24) is 20.0 Å². The smallest absolute Gasteiger partial charge is 0.0126 e. The van der Waals surface area contributed by atoms with E-state index in [9.17, 15) is 0 Å². The van der Waals surface area contributed by atoms with E-state index in [1.54, 1.807) is 0 Å². The third kappa shape index (κ3) is 6.20. The first-order valence-corrected chi connectivity index (χ1v) is 11.1. The van der Waals surface area contributed by atoms with Crippen LogP contribution in [-0.2, 0) is 0 Å². The van der Waals surface area contributed by atoms with Crippen LogP contribution in [0, 0.1) is 5.92 Å². The molecule has 25 heavy (non-hydrogen) atoms. The number of likely N-dealkylation sites (tertiary alicyclic amines) is 1. The normalized spacial score (nSPS) is 30.5. The monoisotopic (exact) mass is 350 g/mol. The van der Waals surface area contributed by atoms with Gasteiger partial charge in [-0.3, -0.25) is 4.90 Å². The Morgan fingerprint density at radius 2 is 1.60 bits per heavy atom. The predicted molar refractivity (Wildman–Crippen MR) is 107 cm³/mol. The van der Waals surface area contributed by atoms with Gasteiger partial charge in [0.25, 0.3) is 0 Å². The molecule has 0 aromatic heterocycles. The molecule has 0 bridgehead atoms. The van der Waals surface area contributed by atoms with Gasteiger partial charge in [-0.05, 0) is 64.7 Å². The average molecular weight is 351 g/mol. The van der Waals surface area contributed by atoms with E-state index in [1.165, 1.54) is 104 Å². The van der Waals surface area contributed by atoms with Crippen LogP contribution in [0.4, 0.5) is 0 Å². The third-order valence-electron chi connectivity index (χ3n) is 6.85. The molecule has 1 N–H and O–H groups in total. The highest BCUT2D eigenvalue weighted by Gasteiger charge is 2.34. The van der Waals surface area contributed by atoms with E-state index in [-0.39, 0.29) is 0 Å². The second kappa shape index (κ2) is 10.2. The molecule has 3 fully saturated rings. The number of unbranched alkanes of at least 4 members (excludes halogenated alkanes) is 3. The van der Waals surface area contributed by atoms with Gasteiger partial charge in [0.2, 0.25) is 0 Å². The van der Waals surface area contributed by atoms with Gasteiger partial charge < -0.3 is 15.1 Å². The Morgan fingerprint density at radius 3 is 2.28 bits per heavy atom. The molecule has 3 aliphatic rings. The molecule has 0 spiro atoms. The van der Waals surface area contributed by atoms with Crippen LogP contribution < -0.4 is 5.32 Å². The first-order valence-electron chi connectivity index (χ1n) is 11.1. The van der Waals surface area contributed by atoms with Crippen LogP contribution in [0.3, 0.4) is 0 Å². The number of hydrogen-bond donors (Lipinski definition) is 1. The largest absolute Gasteiger partial charge is 0.314 e. The molecule has 0 radical (unpaired) electrons. The molecule has 0 atom stereocenters. The Hall–Kier alpha value is -0.160. The lowest BCUT2D eigenvalue weighted by Crippen LogP contribution is -2.58. The number of piperazine rings is 1. The zero-order valence-electron chi connectivity index (χ0n) is 16.9. The minimum atomic E-state index is 0.809. The van der Waals surface area contributed by atoms with Crippen LogP contribution in [-0.4, -0.2) is 86.2 Å². The van der Waals surface area contributed by atoms with Crippen molar-refractivity contribution in [2.24, 2.45) is 5.92 Å². The third-order valence-corrected chi connectivity index (χ3v) is 6.85. The van der Waals surface area contributed by atoms with Crippen molar-refractivity contribution in [2.45, 2.75) is 70.4 Å². The molecular formula is C21H42N4. The van der Waals surface area contributed by atoms with Gasteiger partial charge >= 0.3 is 0 Å². The number of nitrogens with zero attached hydrogens (tertiary/aromatic N) is 3. The van der Waals surface area contributed by atoms with Crippen LogP contribution >= 0.6 is 0 Å². The highest BCUT2D eigenvalue weighted by molar-refractivity contribution is 4.93. The Morgan fingerprint density at radius 1 is 0.880 bits per heavy atom. The predicted octanol–water partition coefficient (Wildman–Crippen LogP) is 2.65. The highest BCUT2D eigenvalue weighted by Crippen LogP contribution is 2.27. The zero-order chi connectivity index (χ0) is 17.5. The average Bonchev–Trinajstić information content (AvgIpc) is 2.59. The molecule has 0 amide bonds. The number of nitrogens with one attached hydrogen (secondary N) is 1. The summed E-state index contributed by atoms with van der Waals surface area (Å²) < 4.78 is 0. The van der Waals surface area contributed by atoms with E-state index in [0.717, 1.165) is 18.0 Å². The number of rotatable bonds is 9. The Kier molecular flexibility index (Phi) is 8.03. The molecule has 2 aliphatic heterocycles. The summed E-state index contributed by atoms with van der Waals surface area (Å²) in [5, 5.41) is 3.77. The fourth-order valence-corrected chi connectivity index (χ4v) is 4.83. The quantitative estimate of drug-likeness (QED) is 0.645. The van der Waals surface area contributed by atoms with Crippen molar-refractivity contribution < 1.29 is 0 Å². The minimum absolute atomic E-state index is 0.809. The summed E-state index contributed by atoms with van der Waals surface area (Å²) in [6, 6.07) is 1.68. The molecule has 2 heterocycles. The van der Waals surface area contributed by atoms with Gasteiger partial charge in [-0.25, -0.2) is 0 Å². The molecule has 3 rings (SSSR count). The van der Waals surface area contributed by atoms with Gasteiger partial charge in [-0.2, -0.15) is 0 Å². The highest BCUT2D eigenvalue weighted by atomic mass is 15.3. The molecule has 1 saturated carbocycles. The van der Waals surface area contributed by atoms with E-state index in [0.29, 0.717) is 0 Å². The van der Waals surface area contributed by atoms with Crippen LogP contribution in [0.1, 0.15) is 58.3 Å². The number of piperidine rings is 1. The fourth-order valence-electron chi connectivity index (χ4n) is 4.83. The van der Waals surface area contributed by atoms with Crippen LogP contribution in [0.5, 0.6) is 0 Å². The number of hydrogen-bond acceptors (Lipinski definition) is 4. The van der Waals surface area contributed by atoms with Crippen molar-refractivity contribution >= 4 is 0 Å². The molecule has 0 aromatic rings. The summed E-state index contributed by atoms with van der Waals surface area (Å²) >= 11 is 0. The summed E-state index contributed by atoms with van der Waals surface area (Å²) in [5.74, 6) is 0.952. The summed E-state index contributed by atoms with van der Waals surface area (Å²) in [6.07, 6.45) is 11.1. The lowest BCUT2D eigenvalue weighted by Gasteiger charge is -2.47. The lowest BCUT2D eigenvalue weighted by molar-refractivity contribution is 0.0359. The van der Waals surface area contributed by atoms with Gasteiger partial charge in [-0.1, -0.05) is 26.2 Å². The SMILES string of the molecule is CCCCCCNC1CC(N2CCN(CC3CCN(C)CC3)CC2)C1. The molecule has 2 saturated heterocycles. The molecule has 4 heteroatoms. The molecular weight excluding hydrogens is 308 g/mol. The molecule has 0 unspecified atom stereocenters. The van der Waals surface area contributed by atoms with Gasteiger partial charge in [0.15, 0.2) is 0 Å². The first kappa shape index (κ1) is 19.6. The van der Waals surface area contributed by atoms with Crippen LogP contribution in [0.2, 0.25) is 0 Å². The van der Waals surface area contributed by atoms with Crippen molar-refractivity contribution in [1.29, 1.82) is 0 Å². The summed E-state index contributed by atoms with van der Waals surface area (Å²) in [5.41, 5.74) is 0. The standard InChI is InChI=1S/C21H42N4/c1-3-4-5-6-9-22-20-16-21(17-20)25-14-12-24(13-15-25)18-19-7-10-23(2)11-8-19/h19-22H,3-18H2,1-2H3. The van der Waals surface area contributed by atoms with Gasteiger partial charge in [0, 0.05) is 44.8 Å². The minimum Gasteiger partial charge on any atom is -0.314 e. The van der Waals surface area contributed by atoms with E-state index in [4.69, 9.17) is 0 Å². The maximum Gasteiger partial charge on any atom is 0.0126 e. The van der Waals surface area contributed by atoms with Crippen LogP contribution in [0.15, 0.2) is 0 Å². The second-order valence-electron chi connectivity index (χ2n) is 8.92. The van der Waals surface area contributed by atoms with Crippen molar-refractivity contribution in [2.75, 3.05) is 59.4 Å². The van der Waals surface area contributed by atoms with Crippen LogP contribution in [0.25, 0.3) is 0 Å². The van der Waals surface area contributed by atoms with Gasteiger partial charge in [-0.15, -0.1) is 0 Å². The lowest BCUT2D eigenvalue weighted by atomic mass is 9.85. The van der Waals surface area contributed by atoms with Crippen molar-refractivity contribution in [3.8, 4) is 0 Å². The maximum atomic E-state index is 3.77.